The van der Waals surface area contributed by atoms with Crippen molar-refractivity contribution in [2.45, 2.75) is 6.42 Å². The highest BCUT2D eigenvalue weighted by Crippen LogP contribution is 2.33. The van der Waals surface area contributed by atoms with Gasteiger partial charge in [-0.05, 0) is 73.6 Å². The molecule has 9 nitrogen and oxygen atoms in total. The van der Waals surface area contributed by atoms with Gasteiger partial charge in [0.15, 0.2) is 0 Å². The molecule has 232 valence electrons. The second kappa shape index (κ2) is 13.6. The molecule has 0 saturated heterocycles. The molecule has 0 bridgehead atoms. The van der Waals surface area contributed by atoms with Crippen LogP contribution in [0.4, 0.5) is 26.1 Å². The first-order chi connectivity index (χ1) is 22.4. The number of pyridine rings is 1. The number of nitrogens with one attached hydrogen (secondary N) is 2. The fourth-order valence-corrected chi connectivity index (χ4v) is 5.13. The third-order valence-electron chi connectivity index (χ3n) is 7.49. The number of hydrogen-bond acceptors (Lipinski definition) is 7. The van der Waals surface area contributed by atoms with Crippen molar-refractivity contribution >= 4 is 28.9 Å². The summed E-state index contributed by atoms with van der Waals surface area (Å²) in [6.45, 7) is 1.62. The second-order valence-corrected chi connectivity index (χ2v) is 10.7. The maximum Gasteiger partial charge on any atom is 0.261 e. The lowest BCUT2D eigenvalue weighted by atomic mass is 10.1. The van der Waals surface area contributed by atoms with E-state index in [9.17, 15) is 13.6 Å². The normalized spacial score (nSPS) is 11.2. The fourth-order valence-electron chi connectivity index (χ4n) is 5.13. The van der Waals surface area contributed by atoms with Gasteiger partial charge < -0.3 is 20.6 Å². The summed E-state index contributed by atoms with van der Waals surface area (Å²) in [5, 5.41) is 15.0. The molecule has 11 heteroatoms. The van der Waals surface area contributed by atoms with E-state index >= 15 is 0 Å². The standard InChI is InChI=1S/C35H31F2N7O2/c1-43(20-21-45)19-16-23-11-13-25(14-12-23)40-35-38-17-15-29(41-35)33-32(42-30-10-2-3-18-44(30)33)24-6-4-7-26(22-24)39-34(46)31-27(36)8-5-9-28(31)37/h2-15,17-18,22,45H,16,19-21H2,1H3,(H,39,46)(H,38,40,41). The summed E-state index contributed by atoms with van der Waals surface area (Å²) in [7, 11) is 1.98. The van der Waals surface area contributed by atoms with Gasteiger partial charge >= 0.3 is 0 Å². The van der Waals surface area contributed by atoms with Gasteiger partial charge in [0.2, 0.25) is 5.95 Å². The molecule has 0 radical (unpaired) electrons. The van der Waals surface area contributed by atoms with Gasteiger partial charge in [-0.1, -0.05) is 36.4 Å². The molecule has 3 aromatic heterocycles. The number of amides is 1. The Balaban J connectivity index is 1.28. The average molecular weight is 620 g/mol. The van der Waals surface area contributed by atoms with Crippen LogP contribution in [0.5, 0.6) is 0 Å². The summed E-state index contributed by atoms with van der Waals surface area (Å²) >= 11 is 0. The molecule has 3 heterocycles. The number of anilines is 3. The van der Waals surface area contributed by atoms with Gasteiger partial charge in [0.1, 0.15) is 22.8 Å². The molecule has 0 fully saturated rings. The maximum absolute atomic E-state index is 14.2. The van der Waals surface area contributed by atoms with E-state index in [0.29, 0.717) is 46.5 Å². The highest BCUT2D eigenvalue weighted by molar-refractivity contribution is 6.05. The number of imidazole rings is 1. The predicted molar refractivity (Wildman–Crippen MR) is 174 cm³/mol. The minimum atomic E-state index is -0.942. The van der Waals surface area contributed by atoms with Crippen molar-refractivity contribution < 1.29 is 18.7 Å². The first-order valence-corrected chi connectivity index (χ1v) is 14.7. The van der Waals surface area contributed by atoms with E-state index in [0.717, 1.165) is 30.8 Å². The van der Waals surface area contributed by atoms with Crippen molar-refractivity contribution in [1.82, 2.24) is 24.3 Å². The highest BCUT2D eigenvalue weighted by atomic mass is 19.1. The lowest BCUT2D eigenvalue weighted by Gasteiger charge is -2.15. The highest BCUT2D eigenvalue weighted by Gasteiger charge is 2.20. The number of benzene rings is 3. The summed E-state index contributed by atoms with van der Waals surface area (Å²) in [6.07, 6.45) is 4.42. The van der Waals surface area contributed by atoms with Crippen molar-refractivity contribution in [3.63, 3.8) is 0 Å². The Morgan fingerprint density at radius 2 is 1.67 bits per heavy atom. The number of aliphatic hydroxyl groups is 1. The third-order valence-corrected chi connectivity index (χ3v) is 7.49. The van der Waals surface area contributed by atoms with E-state index in [1.165, 1.54) is 11.6 Å². The number of aromatic nitrogens is 4. The lowest BCUT2D eigenvalue weighted by Crippen LogP contribution is -2.24. The van der Waals surface area contributed by atoms with E-state index in [4.69, 9.17) is 15.1 Å². The maximum atomic E-state index is 14.2. The van der Waals surface area contributed by atoms with Crippen LogP contribution >= 0.6 is 0 Å². The van der Waals surface area contributed by atoms with E-state index in [-0.39, 0.29) is 6.61 Å². The number of carbonyl (C=O) groups excluding carboxylic acids is 1. The number of halogens is 2. The van der Waals surface area contributed by atoms with Crippen LogP contribution in [-0.2, 0) is 6.42 Å². The van der Waals surface area contributed by atoms with E-state index in [2.05, 4.69) is 20.5 Å². The van der Waals surface area contributed by atoms with Crippen molar-refractivity contribution in [3.05, 3.63) is 126 Å². The predicted octanol–water partition coefficient (Wildman–Crippen LogP) is 6.20. The first kappa shape index (κ1) is 30.5. The van der Waals surface area contributed by atoms with E-state index in [1.807, 2.05) is 66.2 Å². The van der Waals surface area contributed by atoms with Gasteiger partial charge in [0.05, 0.1) is 23.7 Å². The lowest BCUT2D eigenvalue weighted by molar-refractivity contribution is 0.101. The number of likely N-dealkylation sites (N-methyl/N-ethyl adjacent to an activating group) is 1. The molecule has 0 aliphatic carbocycles. The number of rotatable bonds is 11. The van der Waals surface area contributed by atoms with Crippen LogP contribution in [-0.4, -0.2) is 62.0 Å². The average Bonchev–Trinajstić information content (AvgIpc) is 3.45. The molecule has 0 aliphatic heterocycles. The Morgan fingerprint density at radius 3 is 2.46 bits per heavy atom. The van der Waals surface area contributed by atoms with Gasteiger partial charge in [0, 0.05) is 42.4 Å². The molecule has 1 amide bonds. The second-order valence-electron chi connectivity index (χ2n) is 10.7. The van der Waals surface area contributed by atoms with Crippen LogP contribution in [0, 0.1) is 11.6 Å². The summed E-state index contributed by atoms with van der Waals surface area (Å²) in [5.74, 6) is -2.38. The summed E-state index contributed by atoms with van der Waals surface area (Å²) < 4.78 is 30.4. The summed E-state index contributed by atoms with van der Waals surface area (Å²) in [6, 6.07) is 25.7. The molecule has 0 unspecified atom stereocenters. The molecule has 3 aromatic carbocycles. The van der Waals surface area contributed by atoms with Crippen LogP contribution in [0.15, 0.2) is 103 Å². The monoisotopic (exact) mass is 619 g/mol. The van der Waals surface area contributed by atoms with Gasteiger partial charge in [-0.25, -0.2) is 23.7 Å². The summed E-state index contributed by atoms with van der Waals surface area (Å²) in [4.78, 5) is 29.0. The number of fused-ring (bicyclic) bond motifs is 1. The molecule has 0 atom stereocenters. The topological polar surface area (TPSA) is 108 Å². The number of nitrogens with zero attached hydrogens (tertiary/aromatic N) is 5. The Morgan fingerprint density at radius 1 is 0.891 bits per heavy atom. The van der Waals surface area contributed by atoms with Crippen molar-refractivity contribution in [1.29, 1.82) is 0 Å². The fraction of sp³-hybridized carbons (Fsp3) is 0.143. The zero-order chi connectivity index (χ0) is 32.0. The minimum absolute atomic E-state index is 0.138. The van der Waals surface area contributed by atoms with Crippen molar-refractivity contribution in [3.8, 4) is 22.6 Å². The molecule has 3 N–H and O–H groups in total. The Bertz CT molecular complexity index is 1980. The quantitative estimate of drug-likeness (QED) is 0.159. The van der Waals surface area contributed by atoms with Crippen LogP contribution in [0.3, 0.4) is 0 Å². The molecular weight excluding hydrogens is 588 g/mol. The van der Waals surface area contributed by atoms with E-state index in [1.54, 1.807) is 30.5 Å². The van der Waals surface area contributed by atoms with Crippen LogP contribution in [0.1, 0.15) is 15.9 Å². The van der Waals surface area contributed by atoms with Crippen molar-refractivity contribution in [2.24, 2.45) is 0 Å². The van der Waals surface area contributed by atoms with Gasteiger partial charge in [0.25, 0.3) is 5.91 Å². The van der Waals surface area contributed by atoms with Crippen LogP contribution in [0.25, 0.3) is 28.3 Å². The molecule has 0 saturated carbocycles. The number of aliphatic hydroxyl groups excluding tert-OH is 1. The van der Waals surface area contributed by atoms with Gasteiger partial charge in [-0.3, -0.25) is 9.20 Å². The third kappa shape index (κ3) is 6.75. The Hall–Kier alpha value is -5.52. The van der Waals surface area contributed by atoms with Crippen molar-refractivity contribution in [2.75, 3.05) is 37.4 Å². The van der Waals surface area contributed by atoms with Gasteiger partial charge in [-0.2, -0.15) is 0 Å². The van der Waals surface area contributed by atoms with Gasteiger partial charge in [-0.15, -0.1) is 0 Å². The Labute approximate surface area is 264 Å². The molecule has 6 aromatic rings. The molecule has 46 heavy (non-hydrogen) atoms. The minimum Gasteiger partial charge on any atom is -0.395 e. The molecular formula is C35H31F2N7O2. The van der Waals surface area contributed by atoms with Crippen LogP contribution in [0.2, 0.25) is 0 Å². The Kier molecular flexibility index (Phi) is 9.04. The van der Waals surface area contributed by atoms with E-state index < -0.39 is 23.1 Å². The van der Waals surface area contributed by atoms with Crippen LogP contribution < -0.4 is 10.6 Å². The largest absolute Gasteiger partial charge is 0.395 e. The number of carbonyl (C=O) groups is 1. The molecule has 6 rings (SSSR count). The smallest absolute Gasteiger partial charge is 0.261 e. The SMILES string of the molecule is CN(CCO)CCc1ccc(Nc2nccc(-c3c(-c4cccc(NC(=O)c5c(F)cccc5F)c4)nc4ccccn34)n2)cc1. The molecule has 0 spiro atoms. The molecule has 0 aliphatic rings. The number of hydrogen-bond donors (Lipinski definition) is 3. The zero-order valence-corrected chi connectivity index (χ0v) is 25.0. The first-order valence-electron chi connectivity index (χ1n) is 14.7. The zero-order valence-electron chi connectivity index (χ0n) is 25.0. The summed E-state index contributed by atoms with van der Waals surface area (Å²) in [5.41, 5.74) is 4.96.